The molecule has 7 heteroatoms. The number of rotatable bonds is 3. The molecule has 17 heavy (non-hydrogen) atoms. The molecule has 0 radical (unpaired) electrons. The van der Waals surface area contributed by atoms with Gasteiger partial charge in [0.05, 0.1) is 12.0 Å². The number of carbonyl (C=O) groups is 2. The van der Waals surface area contributed by atoms with Crippen LogP contribution < -0.4 is 0 Å². The zero-order valence-corrected chi connectivity index (χ0v) is 9.56. The molecule has 1 aliphatic rings. The summed E-state index contributed by atoms with van der Waals surface area (Å²) in [7, 11) is 1.17. The van der Waals surface area contributed by atoms with Crippen molar-refractivity contribution in [2.24, 2.45) is 0 Å². The van der Waals surface area contributed by atoms with Crippen LogP contribution in [0.5, 0.6) is 0 Å². The Hall–Kier alpha value is -1.95. The van der Waals surface area contributed by atoms with Gasteiger partial charge in [0, 0.05) is 23.3 Å². The second-order valence-electron chi connectivity index (χ2n) is 3.12. The Morgan fingerprint density at radius 2 is 2.12 bits per heavy atom. The summed E-state index contributed by atoms with van der Waals surface area (Å²) in [6, 6.07) is 0. The van der Waals surface area contributed by atoms with Crippen LogP contribution in [-0.2, 0) is 14.3 Å². The maximum Gasteiger partial charge on any atom is 0.334 e. The molecule has 0 saturated carbocycles. The molecule has 0 bridgehead atoms. The van der Waals surface area contributed by atoms with E-state index in [1.807, 2.05) is 0 Å². The number of nitro groups is 1. The molecule has 0 atom stereocenters. The molecule has 0 spiro atoms. The van der Waals surface area contributed by atoms with Gasteiger partial charge >= 0.3 is 5.97 Å². The minimum Gasteiger partial charge on any atom is -0.466 e. The van der Waals surface area contributed by atoms with Gasteiger partial charge < -0.3 is 4.74 Å². The van der Waals surface area contributed by atoms with Crippen LogP contribution in [0.3, 0.4) is 0 Å². The van der Waals surface area contributed by atoms with Crippen LogP contribution in [0.2, 0.25) is 0 Å². The average molecular weight is 258 g/mol. The molecule has 1 rings (SSSR count). The molecule has 6 nitrogen and oxygen atoms in total. The summed E-state index contributed by atoms with van der Waals surface area (Å²) in [5, 5.41) is 9.87. The highest BCUT2D eigenvalue weighted by molar-refractivity contribution is 6.68. The van der Waals surface area contributed by atoms with Crippen molar-refractivity contribution in [3.63, 3.8) is 0 Å². The number of esters is 1. The summed E-state index contributed by atoms with van der Waals surface area (Å²) >= 11 is 5.25. The summed E-state index contributed by atoms with van der Waals surface area (Å²) in [5.74, 6) is -0.683. The minimum absolute atomic E-state index is 0.0199. The molecule has 0 aromatic carbocycles. The number of ether oxygens (including phenoxy) is 1. The molecule has 0 heterocycles. The molecular weight excluding hydrogens is 250 g/mol. The molecule has 0 amide bonds. The normalized spacial score (nSPS) is 15.1. The van der Waals surface area contributed by atoms with E-state index < -0.39 is 16.1 Å². The summed E-state index contributed by atoms with van der Waals surface area (Å²) < 4.78 is 4.46. The van der Waals surface area contributed by atoms with E-state index in [-0.39, 0.29) is 23.3 Å². The first-order valence-corrected chi connectivity index (χ1v) is 4.88. The van der Waals surface area contributed by atoms with Crippen LogP contribution >= 0.6 is 11.6 Å². The topological polar surface area (TPSA) is 86.5 Å². The number of allylic oxidation sites excluding steroid dienone is 4. The fraction of sp³-hybridized carbons (Fsp3) is 0.200. The fourth-order valence-corrected chi connectivity index (χ4v) is 1.36. The number of carbonyl (C=O) groups excluding carboxylic acids is 2. The molecule has 1 aliphatic carbocycles. The maximum absolute atomic E-state index is 11.3. The standard InChI is InChI=1S/C10H8ClNO5/c1-17-10(14)7-3-2-6(9(11)13)4-8(5-7)12(15)16/h2,4-5H,3H2,1H3. The Morgan fingerprint density at radius 3 is 2.59 bits per heavy atom. The van der Waals surface area contributed by atoms with Crippen molar-refractivity contribution in [1.29, 1.82) is 0 Å². The number of halogens is 1. The molecule has 0 fully saturated rings. The highest BCUT2D eigenvalue weighted by Gasteiger charge is 2.20. The van der Waals surface area contributed by atoms with Crippen molar-refractivity contribution >= 4 is 22.8 Å². The van der Waals surface area contributed by atoms with Crippen LogP contribution in [0.25, 0.3) is 0 Å². The lowest BCUT2D eigenvalue weighted by Crippen LogP contribution is -2.05. The van der Waals surface area contributed by atoms with Gasteiger partial charge in [-0.05, 0) is 18.0 Å². The van der Waals surface area contributed by atoms with E-state index in [1.165, 1.54) is 13.2 Å². The van der Waals surface area contributed by atoms with E-state index in [2.05, 4.69) is 4.74 Å². The second kappa shape index (κ2) is 5.40. The Kier molecular flexibility index (Phi) is 4.17. The molecule has 0 unspecified atom stereocenters. The Balaban J connectivity index is 3.19. The number of hydrogen-bond acceptors (Lipinski definition) is 5. The first-order chi connectivity index (χ1) is 7.95. The van der Waals surface area contributed by atoms with Crippen molar-refractivity contribution in [3.8, 4) is 0 Å². The van der Waals surface area contributed by atoms with E-state index in [9.17, 15) is 19.7 Å². The smallest absolute Gasteiger partial charge is 0.334 e. The summed E-state index contributed by atoms with van der Waals surface area (Å²) in [6.07, 6.45) is 3.48. The fourth-order valence-electron chi connectivity index (χ4n) is 1.23. The van der Waals surface area contributed by atoms with Crippen LogP contribution in [0, 0.1) is 10.1 Å². The van der Waals surface area contributed by atoms with Crippen molar-refractivity contribution in [1.82, 2.24) is 0 Å². The molecule has 0 N–H and O–H groups in total. The molecule has 0 saturated heterocycles. The van der Waals surface area contributed by atoms with Crippen LogP contribution in [0.4, 0.5) is 0 Å². The van der Waals surface area contributed by atoms with Crippen molar-refractivity contribution in [3.05, 3.63) is 45.2 Å². The molecule has 0 aromatic heterocycles. The number of hydrogen-bond donors (Lipinski definition) is 0. The third-order valence-corrected chi connectivity index (χ3v) is 2.27. The van der Waals surface area contributed by atoms with E-state index in [1.54, 1.807) is 0 Å². The SMILES string of the molecule is COC(=O)C1=CC([N+](=O)[O-])=CC(C(=O)Cl)=CC1. The zero-order chi connectivity index (χ0) is 13.0. The molecule has 0 aliphatic heterocycles. The van der Waals surface area contributed by atoms with Gasteiger partial charge in [-0.2, -0.15) is 0 Å². The largest absolute Gasteiger partial charge is 0.466 e. The third-order valence-electron chi connectivity index (χ3n) is 2.05. The molecular formula is C10H8ClNO5. The van der Waals surface area contributed by atoms with Gasteiger partial charge in [0.15, 0.2) is 0 Å². The molecule has 90 valence electrons. The lowest BCUT2D eigenvalue weighted by molar-refractivity contribution is -0.419. The van der Waals surface area contributed by atoms with Gasteiger partial charge in [-0.15, -0.1) is 0 Å². The first kappa shape index (κ1) is 13.1. The Morgan fingerprint density at radius 1 is 1.47 bits per heavy atom. The number of nitrogens with zero attached hydrogens (tertiary/aromatic N) is 1. The highest BCUT2D eigenvalue weighted by atomic mass is 35.5. The van der Waals surface area contributed by atoms with Crippen molar-refractivity contribution in [2.45, 2.75) is 6.42 Å². The van der Waals surface area contributed by atoms with Gasteiger partial charge in [-0.3, -0.25) is 14.9 Å². The van der Waals surface area contributed by atoms with Gasteiger partial charge in [0.1, 0.15) is 0 Å². The third kappa shape index (κ3) is 3.25. The van der Waals surface area contributed by atoms with E-state index in [0.29, 0.717) is 0 Å². The second-order valence-corrected chi connectivity index (χ2v) is 3.47. The zero-order valence-electron chi connectivity index (χ0n) is 8.81. The van der Waals surface area contributed by atoms with Crippen LogP contribution in [-0.4, -0.2) is 23.2 Å². The van der Waals surface area contributed by atoms with Gasteiger partial charge in [0.25, 0.3) is 10.9 Å². The monoisotopic (exact) mass is 257 g/mol. The lowest BCUT2D eigenvalue weighted by Gasteiger charge is -1.99. The van der Waals surface area contributed by atoms with E-state index in [0.717, 1.165) is 12.2 Å². The van der Waals surface area contributed by atoms with Gasteiger partial charge in [-0.1, -0.05) is 6.08 Å². The first-order valence-electron chi connectivity index (χ1n) is 4.50. The van der Waals surface area contributed by atoms with Gasteiger partial charge in [-0.25, -0.2) is 4.79 Å². The lowest BCUT2D eigenvalue weighted by atomic mass is 10.1. The highest BCUT2D eigenvalue weighted by Crippen LogP contribution is 2.19. The summed E-state index contributed by atoms with van der Waals surface area (Å²) in [5.41, 5.74) is -0.319. The Bertz CT molecular complexity index is 475. The van der Waals surface area contributed by atoms with Gasteiger partial charge in [0.2, 0.25) is 0 Å². The van der Waals surface area contributed by atoms with E-state index >= 15 is 0 Å². The predicted octanol–water partition coefficient (Wildman–Crippen LogP) is 1.34. The average Bonchev–Trinajstić information content (AvgIpc) is 2.50. The minimum atomic E-state index is -0.816. The Labute approximate surface area is 101 Å². The molecule has 0 aromatic rings. The summed E-state index contributed by atoms with van der Waals surface area (Å²) in [4.78, 5) is 32.2. The quantitative estimate of drug-likeness (QED) is 0.330. The predicted molar refractivity (Wildman–Crippen MR) is 58.7 cm³/mol. The summed E-state index contributed by atoms with van der Waals surface area (Å²) in [6.45, 7) is 0. The maximum atomic E-state index is 11.3. The van der Waals surface area contributed by atoms with Crippen molar-refractivity contribution in [2.75, 3.05) is 7.11 Å². The van der Waals surface area contributed by atoms with Crippen LogP contribution in [0.1, 0.15) is 6.42 Å². The van der Waals surface area contributed by atoms with E-state index in [4.69, 9.17) is 11.6 Å². The van der Waals surface area contributed by atoms with Crippen LogP contribution in [0.15, 0.2) is 35.1 Å². The van der Waals surface area contributed by atoms with Crippen molar-refractivity contribution < 1.29 is 19.2 Å². The number of methoxy groups -OCH3 is 1.